The Kier molecular flexibility index (Phi) is 5.29. The van der Waals surface area contributed by atoms with E-state index >= 15 is 0 Å². The Hall–Kier alpha value is -1.69. The van der Waals surface area contributed by atoms with Crippen molar-refractivity contribution in [2.45, 2.75) is 25.3 Å². The minimum Gasteiger partial charge on any atom is -0.409 e. The van der Waals surface area contributed by atoms with Gasteiger partial charge < -0.3 is 16.3 Å². The van der Waals surface area contributed by atoms with Crippen molar-refractivity contribution in [2.24, 2.45) is 10.9 Å². The number of nitrogens with one attached hydrogen (secondary N) is 1. The standard InChI is InChI=1S/C14H19N3O2S/c15-14(17-19)11-5-3-10(4-6-11)8-13(18)16-12-2-1-7-20-9-12/h3-6,12,19H,1-2,7-9H2,(H2,15,17)(H,16,18). The van der Waals surface area contributed by atoms with E-state index in [1.165, 1.54) is 12.2 Å². The van der Waals surface area contributed by atoms with E-state index in [9.17, 15) is 4.79 Å². The topological polar surface area (TPSA) is 87.7 Å². The van der Waals surface area contributed by atoms with Crippen molar-refractivity contribution in [3.8, 4) is 0 Å². The van der Waals surface area contributed by atoms with E-state index in [-0.39, 0.29) is 11.7 Å². The lowest BCUT2D eigenvalue weighted by Crippen LogP contribution is -2.39. The Labute approximate surface area is 122 Å². The average Bonchev–Trinajstić information content (AvgIpc) is 2.48. The third-order valence-corrected chi connectivity index (χ3v) is 4.46. The summed E-state index contributed by atoms with van der Waals surface area (Å²) in [5, 5.41) is 14.6. The van der Waals surface area contributed by atoms with Gasteiger partial charge in [0.15, 0.2) is 5.84 Å². The summed E-state index contributed by atoms with van der Waals surface area (Å²) in [6.45, 7) is 0. The van der Waals surface area contributed by atoms with Gasteiger partial charge in [-0.3, -0.25) is 4.79 Å². The van der Waals surface area contributed by atoms with E-state index in [0.29, 0.717) is 18.0 Å². The Morgan fingerprint density at radius 2 is 2.20 bits per heavy atom. The van der Waals surface area contributed by atoms with E-state index in [1.54, 1.807) is 12.1 Å². The summed E-state index contributed by atoms with van der Waals surface area (Å²) in [6.07, 6.45) is 2.60. The summed E-state index contributed by atoms with van der Waals surface area (Å²) in [7, 11) is 0. The molecular weight excluding hydrogens is 274 g/mol. The van der Waals surface area contributed by atoms with Crippen molar-refractivity contribution in [3.05, 3.63) is 35.4 Å². The number of thioether (sulfide) groups is 1. The second-order valence-corrected chi connectivity index (χ2v) is 5.99. The predicted octanol–water partition coefficient (Wildman–Crippen LogP) is 1.34. The number of benzene rings is 1. The molecule has 5 nitrogen and oxygen atoms in total. The van der Waals surface area contributed by atoms with Crippen molar-refractivity contribution in [1.29, 1.82) is 0 Å². The molecule has 0 aromatic heterocycles. The number of carbonyl (C=O) groups is 1. The van der Waals surface area contributed by atoms with Crippen LogP contribution in [0.1, 0.15) is 24.0 Å². The molecule has 1 heterocycles. The number of nitrogens with zero attached hydrogens (tertiary/aromatic N) is 1. The zero-order valence-electron chi connectivity index (χ0n) is 11.2. The molecule has 20 heavy (non-hydrogen) atoms. The monoisotopic (exact) mass is 293 g/mol. The fourth-order valence-corrected chi connectivity index (χ4v) is 3.24. The summed E-state index contributed by atoms with van der Waals surface area (Å²) < 4.78 is 0. The summed E-state index contributed by atoms with van der Waals surface area (Å²) >= 11 is 1.89. The molecule has 0 spiro atoms. The molecule has 6 heteroatoms. The number of hydrogen-bond donors (Lipinski definition) is 3. The maximum absolute atomic E-state index is 11.9. The zero-order chi connectivity index (χ0) is 14.4. The lowest BCUT2D eigenvalue weighted by molar-refractivity contribution is -0.121. The molecule has 0 saturated carbocycles. The van der Waals surface area contributed by atoms with Crippen LogP contribution in [0.25, 0.3) is 0 Å². The van der Waals surface area contributed by atoms with Crippen LogP contribution >= 0.6 is 11.8 Å². The smallest absolute Gasteiger partial charge is 0.224 e. The number of hydrogen-bond acceptors (Lipinski definition) is 4. The van der Waals surface area contributed by atoms with Crippen LogP contribution < -0.4 is 11.1 Å². The minimum atomic E-state index is 0.0500. The van der Waals surface area contributed by atoms with Crippen molar-refractivity contribution in [1.82, 2.24) is 5.32 Å². The van der Waals surface area contributed by atoms with E-state index in [4.69, 9.17) is 10.9 Å². The molecule has 108 valence electrons. The molecule has 1 fully saturated rings. The summed E-state index contributed by atoms with van der Waals surface area (Å²) in [4.78, 5) is 11.9. The molecule has 1 saturated heterocycles. The number of oxime groups is 1. The van der Waals surface area contributed by atoms with Crippen molar-refractivity contribution < 1.29 is 10.0 Å². The van der Waals surface area contributed by atoms with Crippen LogP contribution in [-0.2, 0) is 11.2 Å². The molecule has 0 bridgehead atoms. The van der Waals surface area contributed by atoms with Gasteiger partial charge >= 0.3 is 0 Å². The van der Waals surface area contributed by atoms with Gasteiger partial charge in [-0.2, -0.15) is 11.8 Å². The van der Waals surface area contributed by atoms with E-state index in [1.807, 2.05) is 23.9 Å². The van der Waals surface area contributed by atoms with Gasteiger partial charge in [-0.15, -0.1) is 0 Å². The third kappa shape index (κ3) is 4.16. The lowest BCUT2D eigenvalue weighted by Gasteiger charge is -2.22. The van der Waals surface area contributed by atoms with Crippen LogP contribution in [0.3, 0.4) is 0 Å². The van der Waals surface area contributed by atoms with E-state index in [0.717, 1.165) is 17.7 Å². The van der Waals surface area contributed by atoms with Gasteiger partial charge in [-0.25, -0.2) is 0 Å². The number of amides is 1. The zero-order valence-corrected chi connectivity index (χ0v) is 12.0. The Morgan fingerprint density at radius 3 is 2.80 bits per heavy atom. The normalized spacial score (nSPS) is 19.6. The molecule has 1 atom stereocenters. The third-order valence-electron chi connectivity index (χ3n) is 3.25. The second kappa shape index (κ2) is 7.19. The van der Waals surface area contributed by atoms with E-state index in [2.05, 4.69) is 10.5 Å². The maximum atomic E-state index is 11.9. The van der Waals surface area contributed by atoms with Crippen molar-refractivity contribution >= 4 is 23.5 Å². The quantitative estimate of drug-likeness (QED) is 0.338. The second-order valence-electron chi connectivity index (χ2n) is 4.84. The van der Waals surface area contributed by atoms with Gasteiger partial charge in [0.1, 0.15) is 0 Å². The number of rotatable bonds is 4. The van der Waals surface area contributed by atoms with Gasteiger partial charge in [0.05, 0.1) is 6.42 Å². The van der Waals surface area contributed by atoms with Gasteiger partial charge in [0.25, 0.3) is 0 Å². The molecule has 1 aliphatic rings. The maximum Gasteiger partial charge on any atom is 0.224 e. The van der Waals surface area contributed by atoms with Gasteiger partial charge in [-0.1, -0.05) is 29.4 Å². The van der Waals surface area contributed by atoms with Crippen LogP contribution in [0.2, 0.25) is 0 Å². The Morgan fingerprint density at radius 1 is 1.45 bits per heavy atom. The number of amidine groups is 1. The van der Waals surface area contributed by atoms with E-state index < -0.39 is 0 Å². The molecular formula is C14H19N3O2S. The first-order valence-electron chi connectivity index (χ1n) is 6.63. The molecule has 0 aliphatic carbocycles. The summed E-state index contributed by atoms with van der Waals surface area (Å²) in [6, 6.07) is 7.44. The average molecular weight is 293 g/mol. The number of carbonyl (C=O) groups excluding carboxylic acids is 1. The van der Waals surface area contributed by atoms with Gasteiger partial charge in [0.2, 0.25) is 5.91 Å². The minimum absolute atomic E-state index is 0.0500. The van der Waals surface area contributed by atoms with Crippen molar-refractivity contribution in [3.63, 3.8) is 0 Å². The molecule has 1 unspecified atom stereocenters. The highest BCUT2D eigenvalue weighted by Gasteiger charge is 2.16. The first kappa shape index (κ1) is 14.7. The predicted molar refractivity (Wildman–Crippen MR) is 81.1 cm³/mol. The lowest BCUT2D eigenvalue weighted by atomic mass is 10.1. The summed E-state index contributed by atoms with van der Waals surface area (Å²) in [5.41, 5.74) is 7.04. The van der Waals surface area contributed by atoms with Gasteiger partial charge in [-0.05, 0) is 24.2 Å². The molecule has 4 N–H and O–H groups in total. The highest BCUT2D eigenvalue weighted by molar-refractivity contribution is 7.99. The fraction of sp³-hybridized carbons (Fsp3) is 0.429. The highest BCUT2D eigenvalue weighted by atomic mass is 32.2. The molecule has 2 rings (SSSR count). The van der Waals surface area contributed by atoms with Crippen LogP contribution in [0.4, 0.5) is 0 Å². The molecule has 1 amide bonds. The molecule has 0 radical (unpaired) electrons. The molecule has 1 aromatic rings. The highest BCUT2D eigenvalue weighted by Crippen LogP contribution is 2.17. The van der Waals surface area contributed by atoms with Crippen LogP contribution in [0, 0.1) is 0 Å². The SMILES string of the molecule is N/C(=N/O)c1ccc(CC(=O)NC2CCCSC2)cc1. The fourth-order valence-electron chi connectivity index (χ4n) is 2.17. The number of nitrogens with two attached hydrogens (primary N) is 1. The van der Waals surface area contributed by atoms with Crippen LogP contribution in [-0.4, -0.2) is 34.5 Å². The first-order chi connectivity index (χ1) is 9.69. The first-order valence-corrected chi connectivity index (χ1v) is 7.78. The van der Waals surface area contributed by atoms with Gasteiger partial charge in [0, 0.05) is 17.4 Å². The molecule has 1 aromatic carbocycles. The Balaban J connectivity index is 1.87. The largest absolute Gasteiger partial charge is 0.409 e. The molecule has 1 aliphatic heterocycles. The van der Waals surface area contributed by atoms with Crippen LogP contribution in [0.15, 0.2) is 29.4 Å². The summed E-state index contributed by atoms with van der Waals surface area (Å²) in [5.74, 6) is 2.32. The van der Waals surface area contributed by atoms with Crippen molar-refractivity contribution in [2.75, 3.05) is 11.5 Å². The Bertz CT molecular complexity index is 482. The van der Waals surface area contributed by atoms with Crippen LogP contribution in [0.5, 0.6) is 0 Å².